The molecule has 1 fully saturated rings. The van der Waals surface area contributed by atoms with Crippen molar-refractivity contribution in [1.29, 1.82) is 0 Å². The van der Waals surface area contributed by atoms with E-state index in [9.17, 15) is 4.79 Å². The fourth-order valence-electron chi connectivity index (χ4n) is 3.14. The van der Waals surface area contributed by atoms with Gasteiger partial charge in [-0.1, -0.05) is 30.3 Å². The third-order valence-corrected chi connectivity index (χ3v) is 4.37. The van der Waals surface area contributed by atoms with Crippen molar-refractivity contribution in [3.63, 3.8) is 0 Å². The second-order valence-corrected chi connectivity index (χ2v) is 6.14. The van der Waals surface area contributed by atoms with E-state index >= 15 is 0 Å². The summed E-state index contributed by atoms with van der Waals surface area (Å²) in [4.78, 5) is 14.6. The Kier molecular flexibility index (Phi) is 8.12. The Hall–Kier alpha value is -1.39. The highest BCUT2D eigenvalue weighted by atomic mass is 16.5. The summed E-state index contributed by atoms with van der Waals surface area (Å²) in [5.41, 5.74) is 1.32. The SMILES string of the molecule is COCCOCCCC(=O)N1CCCC[C@@H]1Cc1ccccc1. The first-order chi connectivity index (χ1) is 11.3. The number of piperidine rings is 1. The molecule has 23 heavy (non-hydrogen) atoms. The van der Waals surface area contributed by atoms with Crippen LogP contribution in [0.2, 0.25) is 0 Å². The lowest BCUT2D eigenvalue weighted by Crippen LogP contribution is -2.44. The molecule has 4 heteroatoms. The molecule has 1 aliphatic rings. The number of rotatable bonds is 9. The molecule has 1 aromatic carbocycles. The van der Waals surface area contributed by atoms with E-state index in [2.05, 4.69) is 29.2 Å². The van der Waals surface area contributed by atoms with E-state index in [4.69, 9.17) is 9.47 Å². The second kappa shape index (κ2) is 10.4. The van der Waals surface area contributed by atoms with Gasteiger partial charge in [-0.2, -0.15) is 0 Å². The fourth-order valence-corrected chi connectivity index (χ4v) is 3.14. The van der Waals surface area contributed by atoms with Gasteiger partial charge in [0.25, 0.3) is 0 Å². The van der Waals surface area contributed by atoms with Gasteiger partial charge in [0.1, 0.15) is 0 Å². The first-order valence-corrected chi connectivity index (χ1v) is 8.71. The Labute approximate surface area is 139 Å². The number of benzene rings is 1. The number of carbonyl (C=O) groups excluding carboxylic acids is 1. The predicted molar refractivity (Wildman–Crippen MR) is 91.4 cm³/mol. The quantitative estimate of drug-likeness (QED) is 0.657. The van der Waals surface area contributed by atoms with Crippen LogP contribution in [-0.2, 0) is 20.7 Å². The summed E-state index contributed by atoms with van der Waals surface area (Å²) >= 11 is 0. The van der Waals surface area contributed by atoms with Crippen molar-refractivity contribution in [2.45, 2.75) is 44.6 Å². The van der Waals surface area contributed by atoms with Crippen LogP contribution in [-0.4, -0.2) is 50.3 Å². The summed E-state index contributed by atoms with van der Waals surface area (Å²) in [6.07, 6.45) is 5.81. The average molecular weight is 319 g/mol. The zero-order valence-electron chi connectivity index (χ0n) is 14.2. The maximum Gasteiger partial charge on any atom is 0.222 e. The number of likely N-dealkylation sites (tertiary alicyclic amines) is 1. The molecule has 1 aromatic rings. The summed E-state index contributed by atoms with van der Waals surface area (Å²) in [6.45, 7) is 2.75. The molecular formula is C19H29NO3. The molecule has 0 radical (unpaired) electrons. The Bertz CT molecular complexity index is 449. The van der Waals surface area contributed by atoms with Crippen LogP contribution in [0.15, 0.2) is 30.3 Å². The Morgan fingerprint density at radius 3 is 2.78 bits per heavy atom. The maximum atomic E-state index is 12.5. The molecule has 0 unspecified atom stereocenters. The molecule has 1 amide bonds. The minimum atomic E-state index is 0.279. The summed E-state index contributed by atoms with van der Waals surface area (Å²) < 4.78 is 10.4. The van der Waals surface area contributed by atoms with Crippen LogP contribution in [0.4, 0.5) is 0 Å². The van der Waals surface area contributed by atoms with Gasteiger partial charge in [0.15, 0.2) is 0 Å². The molecule has 1 heterocycles. The molecule has 1 aliphatic heterocycles. The zero-order valence-corrected chi connectivity index (χ0v) is 14.2. The lowest BCUT2D eigenvalue weighted by molar-refractivity contribution is -0.135. The van der Waals surface area contributed by atoms with Gasteiger partial charge in [-0.3, -0.25) is 4.79 Å². The van der Waals surface area contributed by atoms with Crippen molar-refractivity contribution in [1.82, 2.24) is 4.90 Å². The summed E-state index contributed by atoms with van der Waals surface area (Å²) in [7, 11) is 1.66. The predicted octanol–water partition coefficient (Wildman–Crippen LogP) is 3.05. The smallest absolute Gasteiger partial charge is 0.222 e. The number of ether oxygens (including phenoxy) is 2. The van der Waals surface area contributed by atoms with Crippen LogP contribution >= 0.6 is 0 Å². The van der Waals surface area contributed by atoms with E-state index in [1.807, 2.05) is 6.07 Å². The highest BCUT2D eigenvalue weighted by Crippen LogP contribution is 2.21. The highest BCUT2D eigenvalue weighted by Gasteiger charge is 2.26. The minimum Gasteiger partial charge on any atom is -0.382 e. The van der Waals surface area contributed by atoms with Gasteiger partial charge in [-0.15, -0.1) is 0 Å². The van der Waals surface area contributed by atoms with Crippen molar-refractivity contribution >= 4 is 5.91 Å². The average Bonchev–Trinajstić information content (AvgIpc) is 2.59. The largest absolute Gasteiger partial charge is 0.382 e. The number of nitrogens with zero attached hydrogens (tertiary/aromatic N) is 1. The molecule has 0 N–H and O–H groups in total. The number of carbonyl (C=O) groups is 1. The zero-order chi connectivity index (χ0) is 16.3. The van der Waals surface area contributed by atoms with Crippen LogP contribution in [0.5, 0.6) is 0 Å². The first-order valence-electron chi connectivity index (χ1n) is 8.71. The molecule has 0 bridgehead atoms. The molecule has 0 saturated carbocycles. The number of hydrogen-bond donors (Lipinski definition) is 0. The Morgan fingerprint density at radius 1 is 1.17 bits per heavy atom. The minimum absolute atomic E-state index is 0.279. The standard InChI is InChI=1S/C19H29NO3/c1-22-14-15-23-13-7-11-19(21)20-12-6-5-10-18(20)16-17-8-3-2-4-9-17/h2-4,8-9,18H,5-7,10-16H2,1H3/t18-/m1/s1. The number of hydrogen-bond acceptors (Lipinski definition) is 3. The van der Waals surface area contributed by atoms with Gasteiger partial charge >= 0.3 is 0 Å². The Balaban J connectivity index is 1.77. The number of amides is 1. The van der Waals surface area contributed by atoms with Gasteiger partial charge < -0.3 is 14.4 Å². The molecule has 0 aliphatic carbocycles. The van der Waals surface area contributed by atoms with Gasteiger partial charge in [0, 0.05) is 32.7 Å². The van der Waals surface area contributed by atoms with Crippen molar-refractivity contribution in [3.8, 4) is 0 Å². The van der Waals surface area contributed by atoms with Crippen LogP contribution in [0, 0.1) is 0 Å². The lowest BCUT2D eigenvalue weighted by Gasteiger charge is -2.36. The third-order valence-electron chi connectivity index (χ3n) is 4.37. The van der Waals surface area contributed by atoms with E-state index < -0.39 is 0 Å². The van der Waals surface area contributed by atoms with E-state index in [0.29, 0.717) is 32.3 Å². The fraction of sp³-hybridized carbons (Fsp3) is 0.632. The molecule has 1 atom stereocenters. The molecule has 2 rings (SSSR count). The molecule has 0 spiro atoms. The maximum absolute atomic E-state index is 12.5. The van der Waals surface area contributed by atoms with Crippen LogP contribution in [0.1, 0.15) is 37.7 Å². The van der Waals surface area contributed by atoms with Crippen LogP contribution < -0.4 is 0 Å². The monoisotopic (exact) mass is 319 g/mol. The van der Waals surface area contributed by atoms with Gasteiger partial charge in [0.05, 0.1) is 13.2 Å². The van der Waals surface area contributed by atoms with Crippen molar-refractivity contribution in [3.05, 3.63) is 35.9 Å². The Morgan fingerprint density at radius 2 is 2.00 bits per heavy atom. The lowest BCUT2D eigenvalue weighted by atomic mass is 9.95. The van der Waals surface area contributed by atoms with E-state index in [-0.39, 0.29) is 5.91 Å². The summed E-state index contributed by atoms with van der Waals surface area (Å²) in [5, 5.41) is 0. The van der Waals surface area contributed by atoms with Crippen molar-refractivity contribution in [2.24, 2.45) is 0 Å². The second-order valence-electron chi connectivity index (χ2n) is 6.14. The molecule has 128 valence electrons. The van der Waals surface area contributed by atoms with Crippen molar-refractivity contribution < 1.29 is 14.3 Å². The van der Waals surface area contributed by atoms with Crippen LogP contribution in [0.3, 0.4) is 0 Å². The highest BCUT2D eigenvalue weighted by molar-refractivity contribution is 5.76. The topological polar surface area (TPSA) is 38.8 Å². The molecule has 4 nitrogen and oxygen atoms in total. The van der Waals surface area contributed by atoms with E-state index in [0.717, 1.165) is 32.2 Å². The van der Waals surface area contributed by atoms with Gasteiger partial charge in [0.2, 0.25) is 5.91 Å². The van der Waals surface area contributed by atoms with E-state index in [1.165, 1.54) is 12.0 Å². The third kappa shape index (κ3) is 6.32. The van der Waals surface area contributed by atoms with Gasteiger partial charge in [-0.25, -0.2) is 0 Å². The summed E-state index contributed by atoms with van der Waals surface area (Å²) in [6, 6.07) is 10.8. The first kappa shape index (κ1) is 18.0. The molecular weight excluding hydrogens is 290 g/mol. The molecule has 0 aromatic heterocycles. The van der Waals surface area contributed by atoms with Crippen molar-refractivity contribution in [2.75, 3.05) is 33.5 Å². The molecule has 1 saturated heterocycles. The summed E-state index contributed by atoms with van der Waals surface area (Å²) in [5.74, 6) is 0.279. The van der Waals surface area contributed by atoms with Gasteiger partial charge in [-0.05, 0) is 37.7 Å². The normalized spacial score (nSPS) is 18.1. The van der Waals surface area contributed by atoms with Crippen LogP contribution in [0.25, 0.3) is 0 Å². The van der Waals surface area contributed by atoms with E-state index in [1.54, 1.807) is 7.11 Å². The number of methoxy groups -OCH3 is 1.